The van der Waals surface area contributed by atoms with Crippen LogP contribution in [0.3, 0.4) is 0 Å². The molecule has 1 saturated heterocycles. The summed E-state index contributed by atoms with van der Waals surface area (Å²) in [4.78, 5) is 15.3. The molecular weight excluding hydrogens is 382 g/mol. The maximum atomic E-state index is 10.9. The maximum Gasteiger partial charge on any atom is 0.269 e. The molecule has 2 heterocycles. The number of tetrazole rings is 1. The lowest BCUT2D eigenvalue weighted by molar-refractivity contribution is -0.384. The lowest BCUT2D eigenvalue weighted by atomic mass is 9.94. The summed E-state index contributed by atoms with van der Waals surface area (Å²) in [5.41, 5.74) is 1.17. The zero-order chi connectivity index (χ0) is 21.1. The molecular formula is C21H31N7O2. The molecule has 1 aromatic carbocycles. The summed E-state index contributed by atoms with van der Waals surface area (Å²) >= 11 is 0. The molecule has 0 N–H and O–H groups in total. The SMILES string of the molecule is CC(C)[C@@H](c1nnnn1C1CCCCC1)N1CCN(c2ccc([N+](=O)[O-])cc2)CC1. The van der Waals surface area contributed by atoms with Gasteiger partial charge in [-0.25, -0.2) is 4.68 Å². The summed E-state index contributed by atoms with van der Waals surface area (Å²) in [6.07, 6.45) is 6.15. The number of aromatic nitrogens is 4. The third-order valence-electron chi connectivity index (χ3n) is 6.47. The second kappa shape index (κ2) is 9.07. The quantitative estimate of drug-likeness (QED) is 0.527. The largest absolute Gasteiger partial charge is 0.369 e. The van der Waals surface area contributed by atoms with Gasteiger partial charge in [-0.15, -0.1) is 5.10 Å². The zero-order valence-corrected chi connectivity index (χ0v) is 17.9. The van der Waals surface area contributed by atoms with Crippen LogP contribution in [0.15, 0.2) is 24.3 Å². The topological polar surface area (TPSA) is 93.2 Å². The number of benzene rings is 1. The first-order valence-corrected chi connectivity index (χ1v) is 11.1. The van der Waals surface area contributed by atoms with Crippen LogP contribution in [0.25, 0.3) is 0 Å². The number of rotatable bonds is 6. The first-order valence-electron chi connectivity index (χ1n) is 11.1. The van der Waals surface area contributed by atoms with Gasteiger partial charge in [0.2, 0.25) is 0 Å². The predicted octanol–water partition coefficient (Wildman–Crippen LogP) is 3.61. The van der Waals surface area contributed by atoms with E-state index in [4.69, 9.17) is 0 Å². The van der Waals surface area contributed by atoms with Crippen LogP contribution in [-0.4, -0.2) is 56.2 Å². The van der Waals surface area contributed by atoms with E-state index in [2.05, 4.69) is 43.9 Å². The summed E-state index contributed by atoms with van der Waals surface area (Å²) in [6, 6.07) is 7.47. The highest BCUT2D eigenvalue weighted by molar-refractivity contribution is 5.51. The van der Waals surface area contributed by atoms with Gasteiger partial charge in [-0.05, 0) is 41.3 Å². The van der Waals surface area contributed by atoms with Crippen molar-refractivity contribution in [2.24, 2.45) is 5.92 Å². The number of nitrogens with zero attached hydrogens (tertiary/aromatic N) is 7. The van der Waals surface area contributed by atoms with E-state index in [0.717, 1.165) is 50.5 Å². The Morgan fingerprint density at radius 1 is 1.03 bits per heavy atom. The van der Waals surface area contributed by atoms with Gasteiger partial charge in [-0.1, -0.05) is 33.1 Å². The molecule has 1 aliphatic heterocycles. The molecule has 9 heteroatoms. The van der Waals surface area contributed by atoms with Crippen molar-refractivity contribution in [3.05, 3.63) is 40.2 Å². The normalized spacial score (nSPS) is 19.9. The van der Waals surface area contributed by atoms with Gasteiger partial charge in [0.05, 0.1) is 17.0 Å². The second-order valence-corrected chi connectivity index (χ2v) is 8.76. The van der Waals surface area contributed by atoms with Crippen molar-refractivity contribution in [3.8, 4) is 0 Å². The van der Waals surface area contributed by atoms with Crippen LogP contribution >= 0.6 is 0 Å². The third-order valence-corrected chi connectivity index (χ3v) is 6.47. The first-order chi connectivity index (χ1) is 14.5. The van der Waals surface area contributed by atoms with Gasteiger partial charge in [0.25, 0.3) is 5.69 Å². The van der Waals surface area contributed by atoms with E-state index in [-0.39, 0.29) is 16.7 Å². The van der Waals surface area contributed by atoms with E-state index >= 15 is 0 Å². The number of anilines is 1. The van der Waals surface area contributed by atoms with Gasteiger partial charge in [-0.2, -0.15) is 0 Å². The number of nitro groups is 1. The van der Waals surface area contributed by atoms with Crippen molar-refractivity contribution in [1.82, 2.24) is 25.1 Å². The van der Waals surface area contributed by atoms with Crippen LogP contribution in [0.1, 0.15) is 63.9 Å². The minimum absolute atomic E-state index is 0.131. The molecule has 1 saturated carbocycles. The van der Waals surface area contributed by atoms with E-state index in [9.17, 15) is 10.1 Å². The number of non-ortho nitro benzene ring substituents is 1. The molecule has 2 fully saturated rings. The van der Waals surface area contributed by atoms with Crippen LogP contribution in [0, 0.1) is 16.0 Å². The van der Waals surface area contributed by atoms with Gasteiger partial charge in [0.1, 0.15) is 0 Å². The van der Waals surface area contributed by atoms with Crippen LogP contribution in [0.5, 0.6) is 0 Å². The average Bonchev–Trinajstić information content (AvgIpc) is 3.24. The number of nitro benzene ring substituents is 1. The molecule has 2 aromatic rings. The lowest BCUT2D eigenvalue weighted by Gasteiger charge is -2.41. The van der Waals surface area contributed by atoms with Crippen molar-refractivity contribution < 1.29 is 4.92 Å². The fourth-order valence-corrected chi connectivity index (χ4v) is 4.91. The van der Waals surface area contributed by atoms with Crippen LogP contribution in [0.4, 0.5) is 11.4 Å². The molecule has 9 nitrogen and oxygen atoms in total. The Labute approximate surface area is 177 Å². The molecule has 1 aromatic heterocycles. The highest BCUT2D eigenvalue weighted by Crippen LogP contribution is 2.34. The Morgan fingerprint density at radius 2 is 1.70 bits per heavy atom. The summed E-state index contributed by atoms with van der Waals surface area (Å²) in [7, 11) is 0. The smallest absolute Gasteiger partial charge is 0.269 e. The van der Waals surface area contributed by atoms with Crippen molar-refractivity contribution in [3.63, 3.8) is 0 Å². The van der Waals surface area contributed by atoms with E-state index in [1.54, 1.807) is 12.1 Å². The van der Waals surface area contributed by atoms with Crippen molar-refractivity contribution in [1.29, 1.82) is 0 Å². The fraction of sp³-hybridized carbons (Fsp3) is 0.667. The molecule has 1 atom stereocenters. The van der Waals surface area contributed by atoms with Gasteiger partial charge in [0, 0.05) is 44.0 Å². The van der Waals surface area contributed by atoms with Crippen molar-refractivity contribution in [2.75, 3.05) is 31.1 Å². The zero-order valence-electron chi connectivity index (χ0n) is 17.9. The van der Waals surface area contributed by atoms with E-state index < -0.39 is 0 Å². The molecule has 0 spiro atoms. The second-order valence-electron chi connectivity index (χ2n) is 8.76. The number of piperazine rings is 1. The standard InChI is InChI=1S/C21H31N7O2/c1-16(2)20(21-22-23-24-27(21)18-6-4-3-5-7-18)26-14-12-25(13-15-26)17-8-10-19(11-9-17)28(29)30/h8-11,16,18,20H,3-7,12-15H2,1-2H3/t20-/m0/s1. The van der Waals surface area contributed by atoms with Crippen molar-refractivity contribution >= 4 is 11.4 Å². The average molecular weight is 414 g/mol. The summed E-state index contributed by atoms with van der Waals surface area (Å²) in [6.45, 7) is 8.08. The predicted molar refractivity (Wildman–Crippen MR) is 114 cm³/mol. The van der Waals surface area contributed by atoms with Gasteiger partial charge in [0.15, 0.2) is 5.82 Å². The molecule has 4 rings (SSSR count). The third kappa shape index (κ3) is 4.30. The molecule has 0 radical (unpaired) electrons. The number of hydrogen-bond acceptors (Lipinski definition) is 7. The van der Waals surface area contributed by atoms with E-state index in [1.807, 2.05) is 12.1 Å². The van der Waals surface area contributed by atoms with Crippen molar-refractivity contribution in [2.45, 2.75) is 58.0 Å². The van der Waals surface area contributed by atoms with E-state index in [1.165, 1.54) is 19.3 Å². The molecule has 0 amide bonds. The highest BCUT2D eigenvalue weighted by Gasteiger charge is 2.33. The Bertz CT molecular complexity index is 837. The number of hydrogen-bond donors (Lipinski definition) is 0. The Morgan fingerprint density at radius 3 is 2.30 bits per heavy atom. The molecule has 1 aliphatic carbocycles. The Kier molecular flexibility index (Phi) is 6.26. The first kappa shape index (κ1) is 20.7. The minimum atomic E-state index is -0.356. The fourth-order valence-electron chi connectivity index (χ4n) is 4.91. The summed E-state index contributed by atoms with van der Waals surface area (Å²) in [5.74, 6) is 1.41. The van der Waals surface area contributed by atoms with Gasteiger partial charge < -0.3 is 4.90 Å². The van der Waals surface area contributed by atoms with Crippen LogP contribution < -0.4 is 4.90 Å². The van der Waals surface area contributed by atoms with E-state index in [0.29, 0.717) is 12.0 Å². The molecule has 0 unspecified atom stereocenters. The van der Waals surface area contributed by atoms with Crippen LogP contribution in [-0.2, 0) is 0 Å². The molecule has 30 heavy (non-hydrogen) atoms. The van der Waals surface area contributed by atoms with Crippen LogP contribution in [0.2, 0.25) is 0 Å². The summed E-state index contributed by atoms with van der Waals surface area (Å²) in [5, 5.41) is 23.8. The maximum absolute atomic E-state index is 10.9. The van der Waals surface area contributed by atoms with Gasteiger partial charge >= 0.3 is 0 Å². The monoisotopic (exact) mass is 413 g/mol. The Balaban J connectivity index is 1.46. The minimum Gasteiger partial charge on any atom is -0.369 e. The molecule has 162 valence electrons. The highest BCUT2D eigenvalue weighted by atomic mass is 16.6. The summed E-state index contributed by atoms with van der Waals surface area (Å²) < 4.78 is 2.10. The lowest BCUT2D eigenvalue weighted by Crippen LogP contribution is -2.49. The molecule has 0 bridgehead atoms. The van der Waals surface area contributed by atoms with Gasteiger partial charge in [-0.3, -0.25) is 15.0 Å². The molecule has 2 aliphatic rings. The Hall–Kier alpha value is -2.55.